The van der Waals surface area contributed by atoms with Crippen molar-refractivity contribution in [3.05, 3.63) is 35.4 Å². The first-order valence-electron chi connectivity index (χ1n) is 5.12. The number of benzene rings is 1. The van der Waals surface area contributed by atoms with Crippen LogP contribution < -0.4 is 0 Å². The van der Waals surface area contributed by atoms with Gasteiger partial charge in [0.1, 0.15) is 0 Å². The van der Waals surface area contributed by atoms with E-state index in [-0.39, 0.29) is 11.5 Å². The van der Waals surface area contributed by atoms with Gasteiger partial charge in [-0.05, 0) is 17.5 Å². The summed E-state index contributed by atoms with van der Waals surface area (Å²) in [6.45, 7) is 3.87. The molecule has 0 bridgehead atoms. The highest BCUT2D eigenvalue weighted by atomic mass is 19.3. The van der Waals surface area contributed by atoms with Crippen molar-refractivity contribution in [3.63, 3.8) is 0 Å². The Balaban J connectivity index is 2.90. The lowest BCUT2D eigenvalue weighted by Gasteiger charge is -2.18. The van der Waals surface area contributed by atoms with E-state index < -0.39 is 12.5 Å². The van der Waals surface area contributed by atoms with E-state index in [9.17, 15) is 13.9 Å². The summed E-state index contributed by atoms with van der Waals surface area (Å²) in [7, 11) is 0. The summed E-state index contributed by atoms with van der Waals surface area (Å²) >= 11 is 0. The Morgan fingerprint density at radius 2 is 1.87 bits per heavy atom. The zero-order valence-electron chi connectivity index (χ0n) is 8.95. The van der Waals surface area contributed by atoms with Crippen molar-refractivity contribution in [1.82, 2.24) is 0 Å². The predicted octanol–water partition coefficient (Wildman–Crippen LogP) is 3.70. The van der Waals surface area contributed by atoms with Crippen LogP contribution in [0.2, 0.25) is 0 Å². The molecule has 0 aromatic heterocycles. The van der Waals surface area contributed by atoms with E-state index >= 15 is 0 Å². The third kappa shape index (κ3) is 2.99. The van der Waals surface area contributed by atoms with Crippen molar-refractivity contribution in [3.8, 4) is 0 Å². The van der Waals surface area contributed by atoms with Crippen molar-refractivity contribution in [2.45, 2.75) is 32.8 Å². The molecule has 1 rings (SSSR count). The van der Waals surface area contributed by atoms with Crippen molar-refractivity contribution in [1.29, 1.82) is 0 Å². The van der Waals surface area contributed by atoms with Gasteiger partial charge in [-0.2, -0.15) is 0 Å². The average molecular weight is 214 g/mol. The number of hydrogen-bond donors (Lipinski definition) is 1. The van der Waals surface area contributed by atoms with Gasteiger partial charge in [-0.1, -0.05) is 38.5 Å². The van der Waals surface area contributed by atoms with Crippen LogP contribution in [0, 0.1) is 5.92 Å². The number of hydrogen-bond acceptors (Lipinski definition) is 1. The third-order valence-electron chi connectivity index (χ3n) is 2.69. The number of aliphatic hydroxyl groups is 1. The molecule has 1 aromatic carbocycles. The van der Waals surface area contributed by atoms with Gasteiger partial charge in [0.2, 0.25) is 0 Å². The van der Waals surface area contributed by atoms with Crippen molar-refractivity contribution in [2.75, 3.05) is 0 Å². The molecule has 1 nitrogen and oxygen atoms in total. The van der Waals surface area contributed by atoms with Crippen LogP contribution in [-0.4, -0.2) is 5.11 Å². The molecule has 0 aliphatic rings. The minimum absolute atomic E-state index is 0.0325. The Kier molecular flexibility index (Phi) is 4.21. The second-order valence-electron chi connectivity index (χ2n) is 3.80. The Labute approximate surface area is 88.7 Å². The lowest BCUT2D eigenvalue weighted by molar-refractivity contribution is 0.114. The van der Waals surface area contributed by atoms with Crippen LogP contribution >= 0.6 is 0 Å². The predicted molar refractivity (Wildman–Crippen MR) is 55.8 cm³/mol. The molecule has 1 aromatic rings. The Hall–Kier alpha value is -0.960. The SMILES string of the molecule is CCC(C)C(O)c1cccc(C(F)F)c1. The summed E-state index contributed by atoms with van der Waals surface area (Å²) in [5.74, 6) is 0.0814. The number of alkyl halides is 2. The first kappa shape index (κ1) is 12.1. The normalized spacial score (nSPS) is 15.3. The highest BCUT2D eigenvalue weighted by Crippen LogP contribution is 2.27. The van der Waals surface area contributed by atoms with Crippen LogP contribution in [-0.2, 0) is 0 Å². The molecule has 0 saturated heterocycles. The largest absolute Gasteiger partial charge is 0.388 e. The Morgan fingerprint density at radius 3 is 2.40 bits per heavy atom. The second-order valence-corrected chi connectivity index (χ2v) is 3.80. The lowest BCUT2D eigenvalue weighted by atomic mass is 9.94. The highest BCUT2D eigenvalue weighted by Gasteiger charge is 2.16. The van der Waals surface area contributed by atoms with E-state index in [2.05, 4.69) is 0 Å². The fourth-order valence-corrected chi connectivity index (χ4v) is 1.43. The smallest absolute Gasteiger partial charge is 0.263 e. The van der Waals surface area contributed by atoms with Crippen molar-refractivity contribution < 1.29 is 13.9 Å². The molecule has 1 N–H and O–H groups in total. The number of rotatable bonds is 4. The molecule has 0 fully saturated rings. The van der Waals surface area contributed by atoms with Gasteiger partial charge in [-0.15, -0.1) is 0 Å². The molecule has 3 heteroatoms. The third-order valence-corrected chi connectivity index (χ3v) is 2.69. The van der Waals surface area contributed by atoms with Gasteiger partial charge in [-0.3, -0.25) is 0 Å². The van der Waals surface area contributed by atoms with Crippen LogP contribution in [0.3, 0.4) is 0 Å². The molecule has 0 aliphatic heterocycles. The van der Waals surface area contributed by atoms with Gasteiger partial charge in [0.05, 0.1) is 6.10 Å². The molecule has 0 aliphatic carbocycles. The van der Waals surface area contributed by atoms with Crippen LogP contribution in [0.1, 0.15) is 43.9 Å². The fraction of sp³-hybridized carbons (Fsp3) is 0.500. The quantitative estimate of drug-likeness (QED) is 0.810. The standard InChI is InChI=1S/C12H16F2O/c1-3-8(2)11(15)9-5-4-6-10(7-9)12(13)14/h4-8,11-12,15H,3H2,1-2H3. The first-order chi connectivity index (χ1) is 7.06. The maximum Gasteiger partial charge on any atom is 0.263 e. The summed E-state index contributed by atoms with van der Waals surface area (Å²) in [6.07, 6.45) is -2.32. The van der Waals surface area contributed by atoms with Gasteiger partial charge in [0.15, 0.2) is 0 Å². The zero-order chi connectivity index (χ0) is 11.4. The highest BCUT2D eigenvalue weighted by molar-refractivity contribution is 5.26. The number of aliphatic hydroxyl groups excluding tert-OH is 1. The summed E-state index contributed by atoms with van der Waals surface area (Å²) in [5, 5.41) is 9.85. The molecule has 84 valence electrons. The summed E-state index contributed by atoms with van der Waals surface area (Å²) < 4.78 is 24.8. The van der Waals surface area contributed by atoms with Gasteiger partial charge >= 0.3 is 0 Å². The molecule has 2 unspecified atom stereocenters. The van der Waals surface area contributed by atoms with E-state index in [0.717, 1.165) is 6.42 Å². The second kappa shape index (κ2) is 5.21. The molecule has 2 atom stereocenters. The summed E-state index contributed by atoms with van der Waals surface area (Å²) in [4.78, 5) is 0. The summed E-state index contributed by atoms with van der Waals surface area (Å²) in [6, 6.07) is 5.99. The Bertz CT molecular complexity index is 312. The van der Waals surface area contributed by atoms with Crippen LogP contribution in [0.25, 0.3) is 0 Å². The fourth-order valence-electron chi connectivity index (χ4n) is 1.43. The zero-order valence-corrected chi connectivity index (χ0v) is 8.95. The maximum atomic E-state index is 12.4. The van der Waals surface area contributed by atoms with Crippen molar-refractivity contribution in [2.24, 2.45) is 5.92 Å². The molecule has 0 amide bonds. The molecule has 0 heterocycles. The van der Waals surface area contributed by atoms with Gasteiger partial charge in [0, 0.05) is 5.56 Å². The molecule has 15 heavy (non-hydrogen) atoms. The van der Waals surface area contributed by atoms with E-state index in [0.29, 0.717) is 5.56 Å². The minimum Gasteiger partial charge on any atom is -0.388 e. The molecule has 0 radical (unpaired) electrons. The van der Waals surface area contributed by atoms with Crippen molar-refractivity contribution >= 4 is 0 Å². The lowest BCUT2D eigenvalue weighted by Crippen LogP contribution is -2.08. The summed E-state index contributed by atoms with van der Waals surface area (Å²) in [5.41, 5.74) is 0.539. The van der Waals surface area contributed by atoms with Crippen LogP contribution in [0.15, 0.2) is 24.3 Å². The van der Waals surface area contributed by atoms with E-state index in [1.165, 1.54) is 12.1 Å². The molecular weight excluding hydrogens is 198 g/mol. The molecule has 0 spiro atoms. The minimum atomic E-state index is -2.48. The number of halogens is 2. The van der Waals surface area contributed by atoms with E-state index in [1.807, 2.05) is 13.8 Å². The average Bonchev–Trinajstić information content (AvgIpc) is 2.27. The van der Waals surface area contributed by atoms with Gasteiger partial charge in [-0.25, -0.2) is 8.78 Å². The monoisotopic (exact) mass is 214 g/mol. The molecular formula is C12H16F2O. The van der Waals surface area contributed by atoms with E-state index in [1.54, 1.807) is 12.1 Å². The first-order valence-corrected chi connectivity index (χ1v) is 5.12. The topological polar surface area (TPSA) is 20.2 Å². The van der Waals surface area contributed by atoms with Crippen LogP contribution in [0.5, 0.6) is 0 Å². The Morgan fingerprint density at radius 1 is 1.27 bits per heavy atom. The maximum absolute atomic E-state index is 12.4. The molecule has 0 saturated carbocycles. The van der Waals surface area contributed by atoms with Gasteiger partial charge < -0.3 is 5.11 Å². The van der Waals surface area contributed by atoms with Crippen LogP contribution in [0.4, 0.5) is 8.78 Å². The van der Waals surface area contributed by atoms with Gasteiger partial charge in [0.25, 0.3) is 6.43 Å². The van der Waals surface area contributed by atoms with E-state index in [4.69, 9.17) is 0 Å².